The smallest absolute Gasteiger partial charge is 0.334 e. The third-order valence-electron chi connectivity index (χ3n) is 6.10. The molecule has 0 heterocycles. The lowest BCUT2D eigenvalue weighted by molar-refractivity contribution is -0.172. The molecule has 0 aliphatic rings. The highest BCUT2D eigenvalue weighted by Gasteiger charge is 2.30. The average Bonchev–Trinajstić information content (AvgIpc) is 2.67. The van der Waals surface area contributed by atoms with Gasteiger partial charge < -0.3 is 4.74 Å². The van der Waals surface area contributed by atoms with Crippen LogP contribution in [-0.4, -0.2) is 30.7 Å². The molecule has 0 aromatic carbocycles. The molecule has 0 bridgehead atoms. The van der Waals surface area contributed by atoms with Crippen LogP contribution in [0.2, 0.25) is 0 Å². The number of rotatable bonds is 20. The number of ether oxygens (including phenoxy) is 1. The van der Waals surface area contributed by atoms with Gasteiger partial charge in [0.25, 0.3) is 0 Å². The molecule has 0 saturated heterocycles. The largest absolute Gasteiger partial charge is 0.441 e. The van der Waals surface area contributed by atoms with Crippen molar-refractivity contribution in [2.75, 3.05) is 14.1 Å². The van der Waals surface area contributed by atoms with Crippen LogP contribution in [0.5, 0.6) is 0 Å². The van der Waals surface area contributed by atoms with Gasteiger partial charge in [0.05, 0.1) is 0 Å². The zero-order chi connectivity index (χ0) is 22.0. The normalized spacial score (nSPS) is 13.4. The first kappa shape index (κ1) is 28.2. The van der Waals surface area contributed by atoms with E-state index in [0.717, 1.165) is 12.8 Å². The van der Waals surface area contributed by atoms with E-state index in [2.05, 4.69) is 13.5 Å². The van der Waals surface area contributed by atoms with Crippen LogP contribution < -0.4 is 0 Å². The zero-order valence-electron chi connectivity index (χ0n) is 20.5. The Morgan fingerprint density at radius 1 is 0.759 bits per heavy atom. The molecule has 29 heavy (non-hydrogen) atoms. The fourth-order valence-corrected chi connectivity index (χ4v) is 3.65. The van der Waals surface area contributed by atoms with Crippen LogP contribution in [-0.2, 0) is 9.53 Å². The predicted octanol–water partition coefficient (Wildman–Crippen LogP) is 8.04. The van der Waals surface area contributed by atoms with Gasteiger partial charge in [-0.15, -0.1) is 0 Å². The summed E-state index contributed by atoms with van der Waals surface area (Å²) in [4.78, 5) is 13.9. The van der Waals surface area contributed by atoms with Crippen LogP contribution >= 0.6 is 0 Å². The highest BCUT2D eigenvalue weighted by molar-refractivity contribution is 5.87. The van der Waals surface area contributed by atoms with E-state index < -0.39 is 5.72 Å². The number of carbonyl (C=O) groups is 1. The molecule has 0 aliphatic heterocycles. The molecule has 3 heteroatoms. The SMILES string of the molecule is C=C(C)C(=O)OC(C)(CCCCCCCCCCCCCCCCCC)N(C)C. The van der Waals surface area contributed by atoms with E-state index in [4.69, 9.17) is 4.74 Å². The standard InChI is InChI=1S/C26H51NO2/c1-7-8-9-10-11-12-13-14-15-16-17-18-19-20-21-22-23-26(4,27(5)6)29-25(28)24(2)3/h2,7-23H2,1,3-6H3. The van der Waals surface area contributed by atoms with Crippen LogP contribution in [0.1, 0.15) is 130 Å². The molecule has 0 rings (SSSR count). The first-order chi connectivity index (χ1) is 13.8. The van der Waals surface area contributed by atoms with Crippen molar-refractivity contribution in [3.63, 3.8) is 0 Å². The van der Waals surface area contributed by atoms with Crippen LogP contribution in [0.4, 0.5) is 0 Å². The van der Waals surface area contributed by atoms with Crippen LogP contribution in [0.3, 0.4) is 0 Å². The molecule has 0 amide bonds. The minimum atomic E-state index is -0.536. The average molecular weight is 410 g/mol. The molecule has 172 valence electrons. The van der Waals surface area contributed by atoms with E-state index in [0.29, 0.717) is 5.57 Å². The molecule has 3 nitrogen and oxygen atoms in total. The Labute approximate surface area is 182 Å². The molecule has 0 saturated carbocycles. The Morgan fingerprint density at radius 2 is 1.10 bits per heavy atom. The van der Waals surface area contributed by atoms with E-state index in [9.17, 15) is 4.79 Å². The summed E-state index contributed by atoms with van der Waals surface area (Å²) < 4.78 is 5.67. The van der Waals surface area contributed by atoms with Gasteiger partial charge in [0.2, 0.25) is 0 Å². The molecule has 1 atom stereocenters. The van der Waals surface area contributed by atoms with Crippen molar-refractivity contribution >= 4 is 5.97 Å². The zero-order valence-corrected chi connectivity index (χ0v) is 20.5. The minimum absolute atomic E-state index is 0.294. The van der Waals surface area contributed by atoms with Crippen molar-refractivity contribution < 1.29 is 9.53 Å². The summed E-state index contributed by atoms with van der Waals surface area (Å²) >= 11 is 0. The molecule has 0 N–H and O–H groups in total. The molecule has 0 fully saturated rings. The van der Waals surface area contributed by atoms with Crippen LogP contribution in [0, 0.1) is 0 Å². The monoisotopic (exact) mass is 409 g/mol. The van der Waals surface area contributed by atoms with Gasteiger partial charge in [0.1, 0.15) is 0 Å². The third-order valence-corrected chi connectivity index (χ3v) is 6.10. The summed E-state index contributed by atoms with van der Waals surface area (Å²) in [6.45, 7) is 9.67. The van der Waals surface area contributed by atoms with Gasteiger partial charge in [0, 0.05) is 12.0 Å². The summed E-state index contributed by atoms with van der Waals surface area (Å²) in [5, 5.41) is 0. The number of hydrogen-bond acceptors (Lipinski definition) is 3. The summed E-state index contributed by atoms with van der Waals surface area (Å²) in [6.07, 6.45) is 22.8. The summed E-state index contributed by atoms with van der Waals surface area (Å²) in [6, 6.07) is 0. The second-order valence-corrected chi connectivity index (χ2v) is 9.29. The van der Waals surface area contributed by atoms with E-state index in [-0.39, 0.29) is 5.97 Å². The van der Waals surface area contributed by atoms with Crippen molar-refractivity contribution in [3.05, 3.63) is 12.2 Å². The van der Waals surface area contributed by atoms with E-state index >= 15 is 0 Å². The molecule has 0 spiro atoms. The second-order valence-electron chi connectivity index (χ2n) is 9.29. The molecule has 0 aromatic heterocycles. The second kappa shape index (κ2) is 18.0. The van der Waals surface area contributed by atoms with Gasteiger partial charge in [-0.1, -0.05) is 110 Å². The molecule has 1 unspecified atom stereocenters. The Kier molecular flexibility index (Phi) is 17.5. The van der Waals surface area contributed by atoms with Gasteiger partial charge in [-0.25, -0.2) is 4.79 Å². The van der Waals surface area contributed by atoms with Gasteiger partial charge in [-0.3, -0.25) is 4.90 Å². The van der Waals surface area contributed by atoms with Crippen molar-refractivity contribution in [2.24, 2.45) is 0 Å². The van der Waals surface area contributed by atoms with E-state index in [1.54, 1.807) is 6.92 Å². The Morgan fingerprint density at radius 3 is 1.41 bits per heavy atom. The van der Waals surface area contributed by atoms with Crippen LogP contribution in [0.15, 0.2) is 12.2 Å². The first-order valence-electron chi connectivity index (χ1n) is 12.4. The Hall–Kier alpha value is -0.830. The van der Waals surface area contributed by atoms with Gasteiger partial charge in [-0.2, -0.15) is 0 Å². The highest BCUT2D eigenvalue weighted by atomic mass is 16.6. The number of carbonyl (C=O) groups excluding carboxylic acids is 1. The fourth-order valence-electron chi connectivity index (χ4n) is 3.65. The molecule has 0 radical (unpaired) electrons. The molecular formula is C26H51NO2. The van der Waals surface area contributed by atoms with Crippen molar-refractivity contribution in [1.29, 1.82) is 0 Å². The van der Waals surface area contributed by atoms with Gasteiger partial charge in [0.15, 0.2) is 5.72 Å². The third kappa shape index (κ3) is 15.6. The number of nitrogens with zero attached hydrogens (tertiary/aromatic N) is 1. The minimum Gasteiger partial charge on any atom is -0.441 e. The van der Waals surface area contributed by atoms with Crippen molar-refractivity contribution in [2.45, 2.75) is 136 Å². The quantitative estimate of drug-likeness (QED) is 0.0881. The molecule has 0 aliphatic carbocycles. The summed E-state index contributed by atoms with van der Waals surface area (Å²) in [5.74, 6) is -0.294. The van der Waals surface area contributed by atoms with Gasteiger partial charge >= 0.3 is 5.97 Å². The van der Waals surface area contributed by atoms with Gasteiger partial charge in [-0.05, 0) is 34.4 Å². The number of unbranched alkanes of at least 4 members (excludes halogenated alkanes) is 15. The van der Waals surface area contributed by atoms with Crippen LogP contribution in [0.25, 0.3) is 0 Å². The fraction of sp³-hybridized carbons (Fsp3) is 0.885. The number of hydrogen-bond donors (Lipinski definition) is 0. The summed E-state index contributed by atoms with van der Waals surface area (Å²) in [7, 11) is 3.94. The lowest BCUT2D eigenvalue weighted by atomic mass is 10.0. The lowest BCUT2D eigenvalue weighted by Crippen LogP contribution is -2.45. The molecule has 0 aromatic rings. The lowest BCUT2D eigenvalue weighted by Gasteiger charge is -2.36. The van der Waals surface area contributed by atoms with E-state index in [1.165, 1.54) is 96.3 Å². The Balaban J connectivity index is 3.55. The maximum atomic E-state index is 11.9. The summed E-state index contributed by atoms with van der Waals surface area (Å²) in [5.41, 5.74) is -0.0727. The first-order valence-corrected chi connectivity index (χ1v) is 12.4. The van der Waals surface area contributed by atoms with Crippen molar-refractivity contribution in [3.8, 4) is 0 Å². The maximum absolute atomic E-state index is 11.9. The molecular weight excluding hydrogens is 358 g/mol. The Bertz CT molecular complexity index is 419. The number of esters is 1. The predicted molar refractivity (Wildman–Crippen MR) is 127 cm³/mol. The maximum Gasteiger partial charge on any atom is 0.334 e. The highest BCUT2D eigenvalue weighted by Crippen LogP contribution is 2.24. The van der Waals surface area contributed by atoms with Crippen molar-refractivity contribution in [1.82, 2.24) is 4.90 Å². The topological polar surface area (TPSA) is 29.5 Å². The van der Waals surface area contributed by atoms with E-state index in [1.807, 2.05) is 25.9 Å².